The minimum atomic E-state index is -3.60. The van der Waals surface area contributed by atoms with Gasteiger partial charge < -0.3 is 15.8 Å². The van der Waals surface area contributed by atoms with Crippen molar-refractivity contribution >= 4 is 34.9 Å². The van der Waals surface area contributed by atoms with Gasteiger partial charge in [-0.05, 0) is 30.2 Å². The van der Waals surface area contributed by atoms with Gasteiger partial charge >= 0.3 is 5.92 Å². The predicted octanol–water partition coefficient (Wildman–Crippen LogP) is 4.27. The van der Waals surface area contributed by atoms with E-state index in [-0.39, 0.29) is 21.9 Å². The largest absolute Gasteiger partial charge is 0.618 e. The molecule has 2 heterocycles. The van der Waals surface area contributed by atoms with Crippen molar-refractivity contribution in [1.82, 2.24) is 10.3 Å². The van der Waals surface area contributed by atoms with Crippen molar-refractivity contribution in [2.24, 2.45) is 0 Å². The topological polar surface area (TPSA) is 81.0 Å². The molecule has 0 atom stereocenters. The summed E-state index contributed by atoms with van der Waals surface area (Å²) in [5.41, 5.74) is -0.0660. The van der Waals surface area contributed by atoms with E-state index in [1.807, 2.05) is 6.07 Å². The SMILES string of the molecule is O=C(Cc1c(Cl)cnc(NCC(F)(F)c2cccc[n+]2[O-])c1F)NCCc1cccc(Cl)c1. The van der Waals surface area contributed by atoms with Crippen LogP contribution in [0.15, 0.2) is 54.9 Å². The molecule has 0 aliphatic heterocycles. The molecular formula is C22H19Cl2F3N4O2. The highest BCUT2D eigenvalue weighted by atomic mass is 35.5. The molecule has 11 heteroatoms. The van der Waals surface area contributed by atoms with Crippen molar-refractivity contribution in [3.63, 3.8) is 0 Å². The van der Waals surface area contributed by atoms with Gasteiger partial charge in [0.15, 0.2) is 17.8 Å². The summed E-state index contributed by atoms with van der Waals surface area (Å²) in [6.45, 7) is -0.802. The fourth-order valence-corrected chi connectivity index (χ4v) is 3.46. The zero-order valence-electron chi connectivity index (χ0n) is 17.1. The maximum absolute atomic E-state index is 14.9. The summed E-state index contributed by atoms with van der Waals surface area (Å²) in [4.78, 5) is 16.0. The van der Waals surface area contributed by atoms with Crippen LogP contribution >= 0.6 is 23.2 Å². The third kappa shape index (κ3) is 6.49. The van der Waals surface area contributed by atoms with Gasteiger partial charge in [0.2, 0.25) is 5.91 Å². The molecule has 0 radical (unpaired) electrons. The Morgan fingerprint density at radius 1 is 1.18 bits per heavy atom. The van der Waals surface area contributed by atoms with Crippen LogP contribution in [-0.2, 0) is 23.6 Å². The molecule has 174 valence electrons. The fourth-order valence-electron chi connectivity index (χ4n) is 3.05. The molecule has 0 bridgehead atoms. The van der Waals surface area contributed by atoms with E-state index in [2.05, 4.69) is 15.6 Å². The number of halogens is 5. The molecule has 0 saturated carbocycles. The lowest BCUT2D eigenvalue weighted by Gasteiger charge is -2.17. The second-order valence-corrected chi connectivity index (χ2v) is 7.97. The number of hydrogen-bond acceptors (Lipinski definition) is 4. The Balaban J connectivity index is 1.63. The van der Waals surface area contributed by atoms with E-state index in [0.29, 0.717) is 11.4 Å². The highest BCUT2D eigenvalue weighted by Crippen LogP contribution is 2.28. The van der Waals surface area contributed by atoms with Gasteiger partial charge in [-0.25, -0.2) is 9.37 Å². The Morgan fingerprint density at radius 2 is 1.97 bits per heavy atom. The van der Waals surface area contributed by atoms with Crippen molar-refractivity contribution in [3.8, 4) is 0 Å². The summed E-state index contributed by atoms with van der Waals surface area (Å²) >= 11 is 11.9. The van der Waals surface area contributed by atoms with Gasteiger partial charge in [0.25, 0.3) is 5.69 Å². The third-order valence-corrected chi connectivity index (χ3v) is 5.27. The van der Waals surface area contributed by atoms with E-state index in [1.54, 1.807) is 18.2 Å². The van der Waals surface area contributed by atoms with Crippen LogP contribution < -0.4 is 15.4 Å². The quantitative estimate of drug-likeness (QED) is 0.341. The number of alkyl halides is 2. The first-order valence-electron chi connectivity index (χ1n) is 9.82. The molecule has 0 aliphatic carbocycles. The number of benzene rings is 1. The summed E-state index contributed by atoms with van der Waals surface area (Å²) in [5.74, 6) is -5.63. The minimum absolute atomic E-state index is 0.0342. The van der Waals surface area contributed by atoms with Crippen LogP contribution in [0.4, 0.5) is 19.0 Å². The second kappa shape index (κ2) is 10.7. The van der Waals surface area contributed by atoms with Crippen LogP contribution in [0.5, 0.6) is 0 Å². The van der Waals surface area contributed by atoms with Crippen LogP contribution in [0.25, 0.3) is 0 Å². The summed E-state index contributed by atoms with van der Waals surface area (Å²) in [6.07, 6.45) is 2.11. The van der Waals surface area contributed by atoms with E-state index in [9.17, 15) is 23.2 Å². The summed E-state index contributed by atoms with van der Waals surface area (Å²) in [6, 6.07) is 10.7. The van der Waals surface area contributed by atoms with Gasteiger partial charge in [-0.2, -0.15) is 13.5 Å². The van der Waals surface area contributed by atoms with Crippen LogP contribution in [0.1, 0.15) is 16.8 Å². The number of carbonyl (C=O) groups is 1. The van der Waals surface area contributed by atoms with Gasteiger partial charge in [-0.15, -0.1) is 0 Å². The molecule has 0 unspecified atom stereocenters. The Kier molecular flexibility index (Phi) is 7.99. The average Bonchev–Trinajstić information content (AvgIpc) is 2.76. The van der Waals surface area contributed by atoms with E-state index in [0.717, 1.165) is 24.0 Å². The number of nitrogens with one attached hydrogen (secondary N) is 2. The molecule has 0 saturated heterocycles. The maximum Gasteiger partial charge on any atom is 0.347 e. The van der Waals surface area contributed by atoms with Gasteiger partial charge in [0, 0.05) is 35.5 Å². The zero-order chi connectivity index (χ0) is 24.0. The van der Waals surface area contributed by atoms with Crippen LogP contribution in [0, 0.1) is 11.0 Å². The van der Waals surface area contributed by atoms with E-state index in [4.69, 9.17) is 23.2 Å². The van der Waals surface area contributed by atoms with Crippen molar-refractivity contribution in [2.75, 3.05) is 18.4 Å². The number of amides is 1. The lowest BCUT2D eigenvalue weighted by molar-refractivity contribution is -0.624. The summed E-state index contributed by atoms with van der Waals surface area (Å²) < 4.78 is 43.7. The molecule has 0 fully saturated rings. The second-order valence-electron chi connectivity index (χ2n) is 7.12. The monoisotopic (exact) mass is 498 g/mol. The van der Waals surface area contributed by atoms with Gasteiger partial charge in [-0.3, -0.25) is 4.79 Å². The van der Waals surface area contributed by atoms with Crippen molar-refractivity contribution in [1.29, 1.82) is 0 Å². The third-order valence-electron chi connectivity index (χ3n) is 4.71. The van der Waals surface area contributed by atoms with Gasteiger partial charge in [0.05, 0.1) is 18.0 Å². The molecule has 33 heavy (non-hydrogen) atoms. The molecule has 2 aromatic heterocycles. The standard InChI is InChI=1S/C22H19Cl2F3N4O2/c23-15-5-3-4-14(10-15)7-8-28-19(32)11-16-17(24)12-29-21(20(16)25)30-13-22(26,27)18-6-1-2-9-31(18)33/h1-6,9-10,12H,7-8,11,13H2,(H,28,32)(H,29,30). The molecule has 3 rings (SSSR count). The number of rotatable bonds is 9. The summed E-state index contributed by atoms with van der Waals surface area (Å²) in [7, 11) is 0. The molecule has 6 nitrogen and oxygen atoms in total. The highest BCUT2D eigenvalue weighted by Gasteiger charge is 2.39. The Morgan fingerprint density at radius 3 is 2.70 bits per heavy atom. The highest BCUT2D eigenvalue weighted by molar-refractivity contribution is 6.31. The molecular weight excluding hydrogens is 480 g/mol. The lowest BCUT2D eigenvalue weighted by atomic mass is 10.1. The van der Waals surface area contributed by atoms with Gasteiger partial charge in [-0.1, -0.05) is 35.3 Å². The Hall–Kier alpha value is -3.04. The molecule has 0 aliphatic rings. The minimum Gasteiger partial charge on any atom is -0.618 e. The number of aromatic nitrogens is 2. The van der Waals surface area contributed by atoms with Crippen molar-refractivity contribution < 1.29 is 22.7 Å². The zero-order valence-corrected chi connectivity index (χ0v) is 18.6. The van der Waals surface area contributed by atoms with E-state index >= 15 is 0 Å². The molecule has 1 amide bonds. The van der Waals surface area contributed by atoms with E-state index < -0.39 is 42.1 Å². The lowest BCUT2D eigenvalue weighted by Crippen LogP contribution is -2.41. The van der Waals surface area contributed by atoms with Crippen molar-refractivity contribution in [2.45, 2.75) is 18.8 Å². The molecule has 0 spiro atoms. The number of pyridine rings is 2. The number of nitrogens with zero attached hydrogens (tertiary/aromatic N) is 2. The average molecular weight is 499 g/mol. The first-order valence-corrected chi connectivity index (χ1v) is 10.6. The number of hydrogen-bond donors (Lipinski definition) is 2. The predicted molar refractivity (Wildman–Crippen MR) is 119 cm³/mol. The first kappa shape index (κ1) is 24.6. The summed E-state index contributed by atoms with van der Waals surface area (Å²) in [5, 5.41) is 16.9. The normalized spacial score (nSPS) is 11.3. The smallest absolute Gasteiger partial charge is 0.347 e. The van der Waals surface area contributed by atoms with E-state index in [1.165, 1.54) is 12.1 Å². The van der Waals surface area contributed by atoms with Crippen LogP contribution in [0.3, 0.4) is 0 Å². The Bertz CT molecular complexity index is 1150. The first-order chi connectivity index (χ1) is 15.7. The molecule has 1 aromatic carbocycles. The van der Waals surface area contributed by atoms with Crippen LogP contribution in [0.2, 0.25) is 10.0 Å². The molecule has 3 aromatic rings. The maximum atomic E-state index is 14.9. The van der Waals surface area contributed by atoms with Crippen LogP contribution in [-0.4, -0.2) is 24.0 Å². The number of anilines is 1. The van der Waals surface area contributed by atoms with Crippen molar-refractivity contribution in [3.05, 3.63) is 92.7 Å². The molecule has 2 N–H and O–H groups in total. The Labute approximate surface area is 197 Å². The number of carbonyl (C=O) groups excluding carboxylic acids is 1. The van der Waals surface area contributed by atoms with Gasteiger partial charge in [0.1, 0.15) is 0 Å². The fraction of sp³-hybridized carbons (Fsp3) is 0.227.